The summed E-state index contributed by atoms with van der Waals surface area (Å²) in [4.78, 5) is 43.6. The highest BCUT2D eigenvalue weighted by molar-refractivity contribution is 7.22. The number of amides is 1. The van der Waals surface area contributed by atoms with E-state index in [2.05, 4.69) is 10.3 Å². The number of nitrogens with one attached hydrogen (secondary N) is 1. The molecule has 30 heavy (non-hydrogen) atoms. The third-order valence-corrected chi connectivity index (χ3v) is 7.16. The lowest BCUT2D eigenvalue weighted by Gasteiger charge is -2.25. The SMILES string of the molecule is O=C(Cn1c2c(c(=O)n(C3CCCCC3)c1=O)CCC2)Nc1nc2ccccc2s1. The predicted molar refractivity (Wildman–Crippen MR) is 117 cm³/mol. The van der Waals surface area contributed by atoms with Gasteiger partial charge in [0.05, 0.1) is 10.2 Å². The molecule has 2 heterocycles. The molecule has 1 aromatic carbocycles. The van der Waals surface area contributed by atoms with E-state index in [0.717, 1.165) is 54.4 Å². The van der Waals surface area contributed by atoms with Crippen molar-refractivity contribution >= 4 is 32.6 Å². The van der Waals surface area contributed by atoms with Gasteiger partial charge in [-0.05, 0) is 44.2 Å². The van der Waals surface area contributed by atoms with Gasteiger partial charge in [-0.25, -0.2) is 9.78 Å². The van der Waals surface area contributed by atoms with Gasteiger partial charge in [-0.3, -0.25) is 18.7 Å². The van der Waals surface area contributed by atoms with Gasteiger partial charge in [-0.2, -0.15) is 0 Å². The number of benzene rings is 1. The van der Waals surface area contributed by atoms with Crippen molar-refractivity contribution < 1.29 is 4.79 Å². The Bertz CT molecular complexity index is 1200. The summed E-state index contributed by atoms with van der Waals surface area (Å²) < 4.78 is 3.96. The molecule has 1 fully saturated rings. The first kappa shape index (κ1) is 19.2. The zero-order valence-corrected chi connectivity index (χ0v) is 17.5. The van der Waals surface area contributed by atoms with Gasteiger partial charge in [0.15, 0.2) is 5.13 Å². The summed E-state index contributed by atoms with van der Waals surface area (Å²) >= 11 is 1.41. The Morgan fingerprint density at radius 3 is 2.70 bits per heavy atom. The molecule has 2 aliphatic rings. The van der Waals surface area contributed by atoms with Crippen molar-refractivity contribution in [3.63, 3.8) is 0 Å². The Labute approximate surface area is 177 Å². The summed E-state index contributed by atoms with van der Waals surface area (Å²) in [5.74, 6) is -0.293. The van der Waals surface area contributed by atoms with E-state index in [1.165, 1.54) is 20.5 Å². The molecule has 0 unspecified atom stereocenters. The molecule has 0 saturated heterocycles. The highest BCUT2D eigenvalue weighted by atomic mass is 32.1. The number of aromatic nitrogens is 3. The molecule has 156 valence electrons. The Kier molecular flexibility index (Phi) is 5.02. The Morgan fingerprint density at radius 1 is 1.10 bits per heavy atom. The van der Waals surface area contributed by atoms with Crippen LogP contribution in [-0.4, -0.2) is 20.0 Å². The van der Waals surface area contributed by atoms with E-state index in [0.29, 0.717) is 23.5 Å². The van der Waals surface area contributed by atoms with Crippen molar-refractivity contribution in [3.8, 4) is 0 Å². The molecular weight excluding hydrogens is 400 g/mol. The van der Waals surface area contributed by atoms with Crippen LogP contribution in [0, 0.1) is 0 Å². The molecule has 0 spiro atoms. The highest BCUT2D eigenvalue weighted by Crippen LogP contribution is 2.28. The van der Waals surface area contributed by atoms with Crippen LogP contribution >= 0.6 is 11.3 Å². The Balaban J connectivity index is 1.47. The first-order chi connectivity index (χ1) is 14.6. The van der Waals surface area contributed by atoms with E-state index < -0.39 is 0 Å². The van der Waals surface area contributed by atoms with Crippen LogP contribution in [0.4, 0.5) is 5.13 Å². The number of para-hydroxylation sites is 1. The van der Waals surface area contributed by atoms with Gasteiger partial charge < -0.3 is 5.32 Å². The van der Waals surface area contributed by atoms with Gasteiger partial charge in [0.2, 0.25) is 5.91 Å². The molecular formula is C22H24N4O3S. The minimum Gasteiger partial charge on any atom is -0.300 e. The lowest BCUT2D eigenvalue weighted by atomic mass is 9.95. The smallest absolute Gasteiger partial charge is 0.300 e. The second-order valence-electron chi connectivity index (χ2n) is 8.15. The third kappa shape index (κ3) is 3.39. The molecule has 7 nitrogen and oxygen atoms in total. The van der Waals surface area contributed by atoms with Crippen molar-refractivity contribution in [1.82, 2.24) is 14.1 Å². The van der Waals surface area contributed by atoms with E-state index in [-0.39, 0.29) is 29.7 Å². The van der Waals surface area contributed by atoms with E-state index >= 15 is 0 Å². The number of rotatable bonds is 4. The summed E-state index contributed by atoms with van der Waals surface area (Å²) in [5, 5.41) is 3.35. The number of hydrogen-bond acceptors (Lipinski definition) is 5. The number of carbonyl (C=O) groups excluding carboxylic acids is 1. The van der Waals surface area contributed by atoms with Gasteiger partial charge in [-0.15, -0.1) is 0 Å². The number of fused-ring (bicyclic) bond motifs is 2. The van der Waals surface area contributed by atoms with E-state index in [4.69, 9.17) is 0 Å². The fourth-order valence-corrected chi connectivity index (χ4v) is 5.67. The molecule has 0 atom stereocenters. The van der Waals surface area contributed by atoms with Crippen molar-refractivity contribution in [3.05, 3.63) is 56.4 Å². The fraction of sp³-hybridized carbons (Fsp3) is 0.455. The van der Waals surface area contributed by atoms with Crippen LogP contribution in [0.3, 0.4) is 0 Å². The fourth-order valence-electron chi connectivity index (χ4n) is 4.79. The van der Waals surface area contributed by atoms with Gasteiger partial charge in [0, 0.05) is 17.3 Å². The lowest BCUT2D eigenvalue weighted by molar-refractivity contribution is -0.116. The molecule has 3 aromatic rings. The van der Waals surface area contributed by atoms with E-state index in [9.17, 15) is 14.4 Å². The quantitative estimate of drug-likeness (QED) is 0.697. The molecule has 2 aliphatic carbocycles. The van der Waals surface area contributed by atoms with Gasteiger partial charge >= 0.3 is 5.69 Å². The maximum absolute atomic E-state index is 13.3. The molecule has 1 amide bonds. The molecule has 0 bridgehead atoms. The molecule has 0 radical (unpaired) electrons. The zero-order valence-electron chi connectivity index (χ0n) is 16.7. The highest BCUT2D eigenvalue weighted by Gasteiger charge is 2.28. The average molecular weight is 425 g/mol. The normalized spacial score (nSPS) is 16.7. The monoisotopic (exact) mass is 424 g/mol. The summed E-state index contributed by atoms with van der Waals surface area (Å²) in [6, 6.07) is 7.65. The van der Waals surface area contributed by atoms with Crippen LogP contribution in [0.5, 0.6) is 0 Å². The van der Waals surface area contributed by atoms with Crippen molar-refractivity contribution in [2.75, 3.05) is 5.32 Å². The number of hydrogen-bond donors (Lipinski definition) is 1. The summed E-state index contributed by atoms with van der Waals surface area (Å²) in [7, 11) is 0. The topological polar surface area (TPSA) is 86.0 Å². The van der Waals surface area contributed by atoms with Crippen LogP contribution in [-0.2, 0) is 24.2 Å². The van der Waals surface area contributed by atoms with Crippen molar-refractivity contribution in [2.24, 2.45) is 0 Å². The summed E-state index contributed by atoms with van der Waals surface area (Å²) in [6.45, 7) is -0.0932. The second kappa shape index (κ2) is 7.83. The van der Waals surface area contributed by atoms with Crippen LogP contribution in [0.2, 0.25) is 0 Å². The molecule has 2 aromatic heterocycles. The molecule has 8 heteroatoms. The van der Waals surface area contributed by atoms with Crippen molar-refractivity contribution in [2.45, 2.75) is 64.0 Å². The van der Waals surface area contributed by atoms with Gasteiger partial charge in [-0.1, -0.05) is 42.7 Å². The van der Waals surface area contributed by atoms with Gasteiger partial charge in [0.25, 0.3) is 5.56 Å². The maximum Gasteiger partial charge on any atom is 0.331 e. The van der Waals surface area contributed by atoms with Crippen LogP contribution in [0.25, 0.3) is 10.2 Å². The average Bonchev–Trinajstić information content (AvgIpc) is 3.39. The van der Waals surface area contributed by atoms with Crippen LogP contribution in [0.15, 0.2) is 33.9 Å². The number of anilines is 1. The minimum atomic E-state index is -0.341. The zero-order chi connectivity index (χ0) is 20.7. The van der Waals surface area contributed by atoms with E-state index in [1.807, 2.05) is 24.3 Å². The summed E-state index contributed by atoms with van der Waals surface area (Å²) in [6.07, 6.45) is 7.11. The number of carbonyl (C=O) groups is 1. The van der Waals surface area contributed by atoms with Crippen molar-refractivity contribution in [1.29, 1.82) is 0 Å². The summed E-state index contributed by atoms with van der Waals surface area (Å²) in [5.41, 5.74) is 1.81. The molecule has 1 saturated carbocycles. The largest absolute Gasteiger partial charge is 0.331 e. The number of nitrogens with zero attached hydrogens (tertiary/aromatic N) is 3. The predicted octanol–water partition coefficient (Wildman–Crippen LogP) is 3.25. The van der Waals surface area contributed by atoms with E-state index in [1.54, 1.807) is 0 Å². The Hall–Kier alpha value is -2.74. The number of thiazole rings is 1. The first-order valence-electron chi connectivity index (χ1n) is 10.6. The third-order valence-electron chi connectivity index (χ3n) is 6.21. The molecule has 0 aliphatic heterocycles. The van der Waals surface area contributed by atoms with Crippen LogP contribution < -0.4 is 16.6 Å². The van der Waals surface area contributed by atoms with Crippen LogP contribution in [0.1, 0.15) is 55.8 Å². The maximum atomic E-state index is 13.3. The molecule has 1 N–H and O–H groups in total. The standard InChI is InChI=1S/C22H24N4O3S/c27-19(24-21-23-16-10-4-5-12-18(16)30-21)13-25-17-11-6-9-15(17)20(28)26(22(25)29)14-7-2-1-3-8-14/h4-5,10,12,14H,1-3,6-9,11,13H2,(H,23,24,27). The molecule has 5 rings (SSSR count). The second-order valence-corrected chi connectivity index (χ2v) is 9.18. The lowest BCUT2D eigenvalue weighted by Crippen LogP contribution is -2.46. The first-order valence-corrected chi connectivity index (χ1v) is 11.5. The Morgan fingerprint density at radius 2 is 1.90 bits per heavy atom. The van der Waals surface area contributed by atoms with Gasteiger partial charge in [0.1, 0.15) is 6.54 Å². The minimum absolute atomic E-state index is 0.0526.